The highest BCUT2D eigenvalue weighted by molar-refractivity contribution is 7.69. The van der Waals surface area contributed by atoms with Crippen molar-refractivity contribution >= 4 is 31.3 Å². The van der Waals surface area contributed by atoms with Gasteiger partial charge >= 0.3 is 31.3 Å². The maximum absolute atomic E-state index is 11.7. The van der Waals surface area contributed by atoms with Gasteiger partial charge in [0.05, 0.1) is 19.8 Å². The first kappa shape index (κ1) is 28.6. The molecule has 0 radical (unpaired) electrons. The molecule has 8 N–H and O–H groups in total. The van der Waals surface area contributed by atoms with Gasteiger partial charge in [-0.25, -0.2) is 18.3 Å². The zero-order chi connectivity index (χ0) is 24.5. The van der Waals surface area contributed by atoms with Crippen molar-refractivity contribution in [1.82, 2.24) is 0 Å². The number of aliphatic hydroxyl groups excluding tert-OH is 4. The molecule has 10 atom stereocenters. The van der Waals surface area contributed by atoms with Crippen molar-refractivity contribution in [3.05, 3.63) is 0 Å². The van der Waals surface area contributed by atoms with Crippen molar-refractivity contribution in [1.29, 1.82) is 0 Å². The highest BCUT2D eigenvalue weighted by Crippen LogP contribution is 2.71. The zero-order valence-corrected chi connectivity index (χ0v) is 19.0. The number of phosphoric acid groups is 4. The van der Waals surface area contributed by atoms with E-state index in [1.54, 1.807) is 0 Å². The van der Waals surface area contributed by atoms with E-state index in [0.717, 1.165) is 0 Å². The molecule has 190 valence electrons. The molecule has 2 saturated heterocycles. The molecule has 19 nitrogen and oxygen atoms in total. The van der Waals surface area contributed by atoms with Crippen LogP contribution in [0.15, 0.2) is 0 Å². The lowest BCUT2D eigenvalue weighted by atomic mass is 10.2. The standard InChI is InChI=1S/C9H20O19P4/c10-4-1-22-6(7(4)12)3-24-29(14,15)26-31(18,19)28-32(20,21)27-30(16,17)25-9-8(13)5(11)2-23-9/h4-13H,1-3H2,(H,14,15)(H,16,17)(H,18,19)(H,20,21)/t4-,5?,6-,7?,8+,9+/m1/s1. The Hall–Kier alpha value is 0.320. The molecule has 0 bridgehead atoms. The van der Waals surface area contributed by atoms with Gasteiger partial charge in [0, 0.05) is 0 Å². The monoisotopic (exact) mass is 556 g/mol. The summed E-state index contributed by atoms with van der Waals surface area (Å²) in [5.74, 6) is 0. The number of hydrogen-bond acceptors (Lipinski definition) is 15. The van der Waals surface area contributed by atoms with E-state index in [-0.39, 0.29) is 6.61 Å². The number of ether oxygens (including phenoxy) is 2. The molecule has 0 aliphatic carbocycles. The van der Waals surface area contributed by atoms with Crippen LogP contribution in [0, 0.1) is 0 Å². The van der Waals surface area contributed by atoms with E-state index in [9.17, 15) is 58.3 Å². The van der Waals surface area contributed by atoms with Gasteiger partial charge in [-0.3, -0.25) is 9.05 Å². The summed E-state index contributed by atoms with van der Waals surface area (Å²) in [5.41, 5.74) is 0. The molecule has 2 heterocycles. The first-order valence-electron chi connectivity index (χ1n) is 8.15. The van der Waals surface area contributed by atoms with Gasteiger partial charge in [0.15, 0.2) is 6.29 Å². The summed E-state index contributed by atoms with van der Waals surface area (Å²) in [6.07, 6.45) is -9.56. The summed E-state index contributed by atoms with van der Waals surface area (Å²) in [6.45, 7) is -1.81. The van der Waals surface area contributed by atoms with Crippen LogP contribution < -0.4 is 0 Å². The Morgan fingerprint density at radius 1 is 0.688 bits per heavy atom. The fourth-order valence-corrected chi connectivity index (χ4v) is 7.27. The first-order valence-corrected chi connectivity index (χ1v) is 14.1. The topological polar surface area (TPSA) is 295 Å². The Bertz CT molecular complexity index is 847. The Balaban J connectivity index is 1.92. The third-order valence-corrected chi connectivity index (χ3v) is 9.52. The van der Waals surface area contributed by atoms with E-state index in [0.29, 0.717) is 0 Å². The second-order valence-electron chi connectivity index (χ2n) is 6.21. The van der Waals surface area contributed by atoms with Gasteiger partial charge in [-0.1, -0.05) is 0 Å². The van der Waals surface area contributed by atoms with E-state index < -0.39 is 81.3 Å². The van der Waals surface area contributed by atoms with Gasteiger partial charge in [0.1, 0.15) is 30.5 Å². The summed E-state index contributed by atoms with van der Waals surface area (Å²) in [7, 11) is -23.2. The van der Waals surface area contributed by atoms with Crippen LogP contribution in [-0.4, -0.2) is 96.6 Å². The van der Waals surface area contributed by atoms with E-state index in [2.05, 4.69) is 26.7 Å². The van der Waals surface area contributed by atoms with Gasteiger partial charge in [-0.05, 0) is 0 Å². The summed E-state index contributed by atoms with van der Waals surface area (Å²) in [4.78, 5) is 37.6. The largest absolute Gasteiger partial charge is 0.490 e. The molecular formula is C9H20O19P4. The van der Waals surface area contributed by atoms with Gasteiger partial charge in [0.2, 0.25) is 0 Å². The Labute approximate surface area is 178 Å². The molecule has 6 unspecified atom stereocenters. The lowest BCUT2D eigenvalue weighted by Gasteiger charge is -2.22. The fourth-order valence-electron chi connectivity index (χ4n) is 2.24. The molecule has 32 heavy (non-hydrogen) atoms. The summed E-state index contributed by atoms with van der Waals surface area (Å²) < 4.78 is 75.8. The fraction of sp³-hybridized carbons (Fsp3) is 1.00. The average molecular weight is 556 g/mol. The third kappa shape index (κ3) is 8.52. The van der Waals surface area contributed by atoms with Crippen molar-refractivity contribution in [2.75, 3.05) is 19.8 Å². The smallest absolute Gasteiger partial charge is 0.388 e. The molecule has 0 amide bonds. The van der Waals surface area contributed by atoms with Crippen molar-refractivity contribution in [2.24, 2.45) is 0 Å². The van der Waals surface area contributed by atoms with Crippen LogP contribution >= 0.6 is 31.3 Å². The third-order valence-electron chi connectivity index (χ3n) is 3.62. The van der Waals surface area contributed by atoms with Crippen LogP contribution in [0.25, 0.3) is 0 Å². The molecule has 2 aliphatic rings. The highest BCUT2D eigenvalue weighted by Gasteiger charge is 2.48. The summed E-state index contributed by atoms with van der Waals surface area (Å²) in [5, 5.41) is 37.4. The normalized spacial score (nSPS) is 38.5. The Kier molecular flexibility index (Phi) is 9.39. The van der Waals surface area contributed by atoms with Crippen LogP contribution in [0.4, 0.5) is 0 Å². The SMILES string of the molecule is O=P(O)(OC[C@H]1OC[C@@H](O)C1O)OP(=O)(O)OP(=O)(O)OP(=O)(O)O[C@@H]1OCC(O)[C@@H]1O. The number of rotatable bonds is 11. The summed E-state index contributed by atoms with van der Waals surface area (Å²) in [6, 6.07) is 0. The van der Waals surface area contributed by atoms with E-state index in [1.165, 1.54) is 0 Å². The number of hydrogen-bond donors (Lipinski definition) is 8. The molecule has 2 fully saturated rings. The second kappa shape index (κ2) is 10.5. The van der Waals surface area contributed by atoms with E-state index in [1.807, 2.05) is 0 Å². The molecular weight excluding hydrogens is 536 g/mol. The number of phosphoric ester groups is 2. The molecule has 0 spiro atoms. The van der Waals surface area contributed by atoms with Crippen LogP contribution in [0.3, 0.4) is 0 Å². The van der Waals surface area contributed by atoms with Crippen LogP contribution in [-0.2, 0) is 49.7 Å². The minimum absolute atomic E-state index is 0.344. The molecule has 0 aromatic carbocycles. The predicted octanol–water partition coefficient (Wildman–Crippen LogP) is -2.33. The maximum atomic E-state index is 11.7. The molecule has 2 aliphatic heterocycles. The van der Waals surface area contributed by atoms with E-state index >= 15 is 0 Å². The molecule has 0 aromatic rings. The van der Waals surface area contributed by atoms with Gasteiger partial charge < -0.3 is 49.5 Å². The molecule has 0 saturated carbocycles. The quantitative estimate of drug-likeness (QED) is 0.124. The van der Waals surface area contributed by atoms with Gasteiger partial charge in [-0.15, -0.1) is 0 Å². The zero-order valence-electron chi connectivity index (χ0n) is 15.4. The van der Waals surface area contributed by atoms with Crippen LogP contribution in [0.5, 0.6) is 0 Å². The highest BCUT2D eigenvalue weighted by atomic mass is 31.3. The van der Waals surface area contributed by atoms with Crippen molar-refractivity contribution < 1.29 is 89.7 Å². The minimum atomic E-state index is -6.03. The Morgan fingerprint density at radius 2 is 1.16 bits per heavy atom. The van der Waals surface area contributed by atoms with Crippen LogP contribution in [0.2, 0.25) is 0 Å². The van der Waals surface area contributed by atoms with E-state index in [4.69, 9.17) is 4.74 Å². The minimum Gasteiger partial charge on any atom is -0.388 e. The Morgan fingerprint density at radius 3 is 1.62 bits per heavy atom. The lowest BCUT2D eigenvalue weighted by Crippen LogP contribution is -2.32. The maximum Gasteiger partial charge on any atom is 0.490 e. The van der Waals surface area contributed by atoms with Gasteiger partial charge in [-0.2, -0.15) is 12.9 Å². The van der Waals surface area contributed by atoms with Crippen molar-refractivity contribution in [3.8, 4) is 0 Å². The molecule has 23 heteroatoms. The lowest BCUT2D eigenvalue weighted by molar-refractivity contribution is -0.104. The van der Waals surface area contributed by atoms with Crippen molar-refractivity contribution in [2.45, 2.75) is 36.8 Å². The second-order valence-corrected chi connectivity index (χ2v) is 12.4. The predicted molar refractivity (Wildman–Crippen MR) is 93.1 cm³/mol. The van der Waals surface area contributed by atoms with Gasteiger partial charge in [0.25, 0.3) is 0 Å². The number of aliphatic hydroxyl groups is 4. The summed E-state index contributed by atoms with van der Waals surface area (Å²) >= 11 is 0. The first-order chi connectivity index (χ1) is 14.4. The molecule has 2 rings (SSSR count). The average Bonchev–Trinajstić information content (AvgIpc) is 3.06. The van der Waals surface area contributed by atoms with Crippen molar-refractivity contribution in [3.63, 3.8) is 0 Å². The molecule has 0 aromatic heterocycles. The van der Waals surface area contributed by atoms with Crippen LogP contribution in [0.1, 0.15) is 0 Å².